The molecule has 19 heavy (non-hydrogen) atoms. The molecule has 100 valence electrons. The Morgan fingerprint density at radius 1 is 1.42 bits per heavy atom. The summed E-state index contributed by atoms with van der Waals surface area (Å²) in [6, 6.07) is 6.14. The number of hydrogen-bond acceptors (Lipinski definition) is 5. The van der Waals surface area contributed by atoms with Crippen molar-refractivity contribution < 1.29 is 4.74 Å². The summed E-state index contributed by atoms with van der Waals surface area (Å²) in [7, 11) is 1.64. The summed E-state index contributed by atoms with van der Waals surface area (Å²) in [6.07, 6.45) is 2.23. The highest BCUT2D eigenvalue weighted by molar-refractivity contribution is 5.47. The minimum absolute atomic E-state index is 0.226. The first-order chi connectivity index (χ1) is 9.28. The van der Waals surface area contributed by atoms with Gasteiger partial charge in [0.25, 0.3) is 0 Å². The highest BCUT2D eigenvalue weighted by Gasteiger charge is 2.21. The highest BCUT2D eigenvalue weighted by Crippen LogP contribution is 2.24. The van der Waals surface area contributed by atoms with Crippen LogP contribution in [0.25, 0.3) is 5.69 Å². The molecule has 1 aliphatic heterocycles. The zero-order chi connectivity index (χ0) is 13.2. The minimum atomic E-state index is 0.226. The molecule has 0 amide bonds. The predicted molar refractivity (Wildman–Crippen MR) is 70.4 cm³/mol. The lowest BCUT2D eigenvalue weighted by atomic mass is 10.2. The molecule has 6 heteroatoms. The van der Waals surface area contributed by atoms with E-state index in [1.54, 1.807) is 11.9 Å². The van der Waals surface area contributed by atoms with Crippen molar-refractivity contribution >= 4 is 0 Å². The van der Waals surface area contributed by atoms with Gasteiger partial charge in [-0.2, -0.15) is 0 Å². The molecule has 2 aromatic rings. The maximum atomic E-state index is 5.35. The van der Waals surface area contributed by atoms with Crippen LogP contribution in [0.5, 0.6) is 5.75 Å². The van der Waals surface area contributed by atoms with Crippen molar-refractivity contribution in [2.45, 2.75) is 25.8 Å². The van der Waals surface area contributed by atoms with Gasteiger partial charge in [0.05, 0.1) is 13.2 Å². The van der Waals surface area contributed by atoms with E-state index in [1.165, 1.54) is 0 Å². The van der Waals surface area contributed by atoms with Crippen LogP contribution in [0.2, 0.25) is 0 Å². The Morgan fingerprint density at radius 2 is 2.32 bits per heavy atom. The van der Waals surface area contributed by atoms with Crippen LogP contribution in [0.4, 0.5) is 0 Å². The van der Waals surface area contributed by atoms with Crippen molar-refractivity contribution in [3.05, 3.63) is 29.6 Å². The first kappa shape index (κ1) is 12.1. The molecule has 2 heterocycles. The Bertz CT molecular complexity index is 574. The lowest BCUT2D eigenvalue weighted by Crippen LogP contribution is -2.14. The first-order valence-electron chi connectivity index (χ1n) is 6.46. The Balaban J connectivity index is 1.95. The average Bonchev–Trinajstić information content (AvgIpc) is 3.09. The molecule has 1 aromatic heterocycles. The number of benzene rings is 1. The molecule has 1 N–H and O–H groups in total. The second kappa shape index (κ2) is 4.97. The summed E-state index contributed by atoms with van der Waals surface area (Å²) in [5.74, 6) is 1.50. The zero-order valence-corrected chi connectivity index (χ0v) is 11.1. The Labute approximate surface area is 111 Å². The molecule has 1 atom stereocenters. The van der Waals surface area contributed by atoms with Gasteiger partial charge >= 0.3 is 0 Å². The average molecular weight is 259 g/mol. The number of rotatable bonds is 3. The van der Waals surface area contributed by atoms with Crippen LogP contribution >= 0.6 is 0 Å². The van der Waals surface area contributed by atoms with E-state index in [1.807, 2.05) is 25.1 Å². The van der Waals surface area contributed by atoms with Gasteiger partial charge in [-0.05, 0) is 49.2 Å². The number of hydrogen-bond donors (Lipinski definition) is 1. The number of ether oxygens (including phenoxy) is 1. The molecule has 1 aromatic carbocycles. The summed E-state index contributed by atoms with van der Waals surface area (Å²) in [6.45, 7) is 3.05. The topological polar surface area (TPSA) is 64.9 Å². The van der Waals surface area contributed by atoms with Crippen molar-refractivity contribution in [1.82, 2.24) is 25.5 Å². The van der Waals surface area contributed by atoms with Crippen LogP contribution in [0.1, 0.15) is 30.3 Å². The van der Waals surface area contributed by atoms with Gasteiger partial charge in [-0.3, -0.25) is 0 Å². The third-order valence-corrected chi connectivity index (χ3v) is 3.35. The summed E-state index contributed by atoms with van der Waals surface area (Å²) in [4.78, 5) is 1.54. The molecule has 3 rings (SSSR count). The lowest BCUT2D eigenvalue weighted by molar-refractivity contribution is 0.409. The van der Waals surface area contributed by atoms with Gasteiger partial charge in [-0.1, -0.05) is 6.07 Å². The van der Waals surface area contributed by atoms with Gasteiger partial charge in [-0.15, -0.1) is 15.0 Å². The normalized spacial score (nSPS) is 18.7. The van der Waals surface area contributed by atoms with Crippen molar-refractivity contribution in [2.24, 2.45) is 0 Å². The zero-order valence-electron chi connectivity index (χ0n) is 11.1. The van der Waals surface area contributed by atoms with Crippen LogP contribution in [0.3, 0.4) is 0 Å². The Morgan fingerprint density at radius 3 is 3.05 bits per heavy atom. The monoisotopic (exact) mass is 259 g/mol. The largest absolute Gasteiger partial charge is 0.494 e. The minimum Gasteiger partial charge on any atom is -0.494 e. The molecule has 1 unspecified atom stereocenters. The maximum absolute atomic E-state index is 5.35. The fraction of sp³-hybridized carbons (Fsp3) is 0.462. The van der Waals surface area contributed by atoms with Gasteiger partial charge < -0.3 is 10.1 Å². The molecular formula is C13H17N5O. The van der Waals surface area contributed by atoms with E-state index in [0.717, 1.165) is 42.2 Å². The van der Waals surface area contributed by atoms with Crippen molar-refractivity contribution in [3.8, 4) is 11.4 Å². The number of aryl methyl sites for hydroxylation is 1. The van der Waals surface area contributed by atoms with Gasteiger partial charge in [0.15, 0.2) is 5.82 Å². The van der Waals surface area contributed by atoms with E-state index in [0.29, 0.717) is 0 Å². The Kier molecular flexibility index (Phi) is 3.16. The van der Waals surface area contributed by atoms with E-state index in [-0.39, 0.29) is 6.04 Å². The summed E-state index contributed by atoms with van der Waals surface area (Å²) >= 11 is 0. The molecule has 0 radical (unpaired) electrons. The maximum Gasteiger partial charge on any atom is 0.192 e. The molecule has 1 aliphatic rings. The van der Waals surface area contributed by atoms with Crippen LogP contribution in [0, 0.1) is 6.92 Å². The molecule has 0 saturated carbocycles. The third-order valence-electron chi connectivity index (χ3n) is 3.35. The fourth-order valence-corrected chi connectivity index (χ4v) is 2.33. The predicted octanol–water partition coefficient (Wildman–Crippen LogP) is 1.40. The van der Waals surface area contributed by atoms with Crippen molar-refractivity contribution in [3.63, 3.8) is 0 Å². The van der Waals surface area contributed by atoms with Crippen LogP contribution in [-0.4, -0.2) is 33.9 Å². The van der Waals surface area contributed by atoms with Crippen molar-refractivity contribution in [1.29, 1.82) is 0 Å². The van der Waals surface area contributed by atoms with E-state index in [2.05, 4.69) is 20.7 Å². The quantitative estimate of drug-likeness (QED) is 0.902. The number of aromatic nitrogens is 4. The second-order valence-corrected chi connectivity index (χ2v) is 4.76. The molecule has 0 aliphatic carbocycles. The molecule has 6 nitrogen and oxygen atoms in total. The second-order valence-electron chi connectivity index (χ2n) is 4.76. The number of nitrogens with one attached hydrogen (secondary N) is 1. The van der Waals surface area contributed by atoms with E-state index in [4.69, 9.17) is 4.74 Å². The van der Waals surface area contributed by atoms with Crippen LogP contribution < -0.4 is 10.1 Å². The molecule has 0 spiro atoms. The summed E-state index contributed by atoms with van der Waals surface area (Å²) in [5.41, 5.74) is 1.95. The molecule has 0 bridgehead atoms. The fourth-order valence-electron chi connectivity index (χ4n) is 2.33. The van der Waals surface area contributed by atoms with Gasteiger partial charge in [0.2, 0.25) is 0 Å². The van der Waals surface area contributed by atoms with E-state index in [9.17, 15) is 0 Å². The number of methoxy groups -OCH3 is 1. The third kappa shape index (κ3) is 2.31. The molecular weight excluding hydrogens is 242 g/mol. The Hall–Kier alpha value is -1.95. The van der Waals surface area contributed by atoms with Crippen molar-refractivity contribution in [2.75, 3.05) is 13.7 Å². The highest BCUT2D eigenvalue weighted by atomic mass is 16.5. The molecule has 1 fully saturated rings. The van der Waals surface area contributed by atoms with E-state index >= 15 is 0 Å². The summed E-state index contributed by atoms with van der Waals surface area (Å²) in [5, 5.41) is 16.1. The van der Waals surface area contributed by atoms with Crippen LogP contribution in [0.15, 0.2) is 18.2 Å². The van der Waals surface area contributed by atoms with Crippen LogP contribution in [-0.2, 0) is 0 Å². The van der Waals surface area contributed by atoms with E-state index < -0.39 is 0 Å². The standard InChI is InChI=1S/C13H17N5O/c1-9-5-6-12(19-2)11(8-9)18-16-13(15-17-18)10-4-3-7-14-10/h5-6,8,10,14H,3-4,7H2,1-2H3. The first-order valence-corrected chi connectivity index (χ1v) is 6.46. The van der Waals surface area contributed by atoms with Gasteiger partial charge in [0.1, 0.15) is 11.4 Å². The smallest absolute Gasteiger partial charge is 0.192 e. The SMILES string of the molecule is COc1ccc(C)cc1-n1nnc(C2CCCN2)n1. The number of nitrogens with zero attached hydrogens (tertiary/aromatic N) is 4. The summed E-state index contributed by atoms with van der Waals surface area (Å²) < 4.78 is 5.35. The van der Waals surface area contributed by atoms with Gasteiger partial charge in [0, 0.05) is 0 Å². The lowest BCUT2D eigenvalue weighted by Gasteiger charge is -2.07. The van der Waals surface area contributed by atoms with Gasteiger partial charge in [-0.25, -0.2) is 0 Å². The number of tetrazole rings is 1. The molecule has 1 saturated heterocycles.